The van der Waals surface area contributed by atoms with E-state index in [1.165, 1.54) is 17.0 Å². The smallest absolute Gasteiger partial charge is 0.329 e. The Bertz CT molecular complexity index is 739. The average molecular weight is 324 g/mol. The first-order valence-electron chi connectivity index (χ1n) is 7.27. The lowest BCUT2D eigenvalue weighted by molar-refractivity contribution is -0.137. The zero-order valence-corrected chi connectivity index (χ0v) is 12.5. The molecule has 0 spiro atoms. The molecular weight excluding hydrogens is 309 g/mol. The van der Waals surface area contributed by atoms with Gasteiger partial charge in [-0.05, 0) is 18.2 Å². The van der Waals surface area contributed by atoms with Gasteiger partial charge in [0.2, 0.25) is 0 Å². The van der Waals surface area contributed by atoms with Crippen molar-refractivity contribution in [3.05, 3.63) is 47.0 Å². The number of aryl methyl sites for hydroxylation is 1. The fourth-order valence-corrected chi connectivity index (χ4v) is 2.66. The van der Waals surface area contributed by atoms with E-state index < -0.39 is 17.6 Å². The Balaban J connectivity index is 1.82. The molecule has 0 atom stereocenters. The molecule has 1 aliphatic heterocycles. The highest BCUT2D eigenvalue weighted by molar-refractivity contribution is 5.94. The minimum Gasteiger partial charge on any atom is -0.329 e. The zero-order chi connectivity index (χ0) is 16.6. The maximum absolute atomic E-state index is 12.8. The first-order valence-corrected chi connectivity index (χ1v) is 7.27. The van der Waals surface area contributed by atoms with Crippen LogP contribution in [0.15, 0.2) is 24.3 Å². The minimum absolute atomic E-state index is 0.0310. The molecule has 2 heterocycles. The summed E-state index contributed by atoms with van der Waals surface area (Å²) in [6.45, 7) is 3.20. The number of carbonyl (C=O) groups excluding carboxylic acids is 1. The van der Waals surface area contributed by atoms with Crippen LogP contribution < -0.4 is 0 Å². The van der Waals surface area contributed by atoms with Gasteiger partial charge in [-0.1, -0.05) is 13.0 Å². The van der Waals surface area contributed by atoms with Crippen LogP contribution in [0.5, 0.6) is 0 Å². The molecule has 122 valence electrons. The van der Waals surface area contributed by atoms with Crippen molar-refractivity contribution >= 4 is 5.91 Å². The molecule has 3 rings (SSSR count). The van der Waals surface area contributed by atoms with Crippen LogP contribution in [0, 0.1) is 0 Å². The molecule has 0 saturated heterocycles. The van der Waals surface area contributed by atoms with Gasteiger partial charge in [-0.15, -0.1) is 10.2 Å². The first kappa shape index (κ1) is 15.5. The van der Waals surface area contributed by atoms with Gasteiger partial charge < -0.3 is 9.47 Å². The highest BCUT2D eigenvalue weighted by Crippen LogP contribution is 2.30. The van der Waals surface area contributed by atoms with E-state index in [1.807, 2.05) is 11.5 Å². The molecule has 5 nitrogen and oxygen atoms in total. The second kappa shape index (κ2) is 5.68. The summed E-state index contributed by atoms with van der Waals surface area (Å²) in [5, 5.41) is 8.11. The summed E-state index contributed by atoms with van der Waals surface area (Å²) in [6, 6.07) is 4.49. The van der Waals surface area contributed by atoms with Crippen molar-refractivity contribution in [1.29, 1.82) is 0 Å². The predicted octanol–water partition coefficient (Wildman–Crippen LogP) is 2.52. The lowest BCUT2D eigenvalue weighted by Crippen LogP contribution is -2.38. The van der Waals surface area contributed by atoms with Gasteiger partial charge in [0, 0.05) is 25.1 Å². The Kier molecular flexibility index (Phi) is 3.83. The van der Waals surface area contributed by atoms with Gasteiger partial charge in [0.15, 0.2) is 5.82 Å². The van der Waals surface area contributed by atoms with Crippen LogP contribution in [0.4, 0.5) is 13.2 Å². The van der Waals surface area contributed by atoms with Crippen LogP contribution in [-0.4, -0.2) is 32.1 Å². The van der Waals surface area contributed by atoms with E-state index in [-0.39, 0.29) is 12.1 Å². The van der Waals surface area contributed by atoms with E-state index in [2.05, 4.69) is 10.2 Å². The summed E-state index contributed by atoms with van der Waals surface area (Å²) in [7, 11) is 0. The van der Waals surface area contributed by atoms with E-state index in [0.29, 0.717) is 18.9 Å². The number of nitrogens with zero attached hydrogens (tertiary/aromatic N) is 4. The number of benzene rings is 1. The molecule has 1 aliphatic rings. The van der Waals surface area contributed by atoms with Gasteiger partial charge in [0.05, 0.1) is 12.1 Å². The maximum atomic E-state index is 12.8. The normalized spacial score (nSPS) is 14.7. The van der Waals surface area contributed by atoms with Crippen LogP contribution in [0.25, 0.3) is 0 Å². The van der Waals surface area contributed by atoms with Crippen LogP contribution in [-0.2, 0) is 25.7 Å². The van der Waals surface area contributed by atoms with Crippen molar-refractivity contribution in [2.75, 3.05) is 6.54 Å². The Morgan fingerprint density at radius 1 is 1.26 bits per heavy atom. The fraction of sp³-hybridized carbons (Fsp3) is 0.400. The Hall–Kier alpha value is -2.38. The molecule has 0 aliphatic carbocycles. The molecule has 8 heteroatoms. The molecule has 23 heavy (non-hydrogen) atoms. The van der Waals surface area contributed by atoms with Crippen LogP contribution in [0.3, 0.4) is 0 Å². The fourth-order valence-electron chi connectivity index (χ4n) is 2.66. The molecule has 0 fully saturated rings. The van der Waals surface area contributed by atoms with Crippen LogP contribution in [0.1, 0.15) is 34.5 Å². The van der Waals surface area contributed by atoms with Gasteiger partial charge in [-0.25, -0.2) is 0 Å². The van der Waals surface area contributed by atoms with Crippen molar-refractivity contribution in [1.82, 2.24) is 19.7 Å². The molecule has 0 radical (unpaired) electrons. The molecule has 0 bridgehead atoms. The lowest BCUT2D eigenvalue weighted by atomic mass is 10.1. The lowest BCUT2D eigenvalue weighted by Gasteiger charge is -2.28. The van der Waals surface area contributed by atoms with E-state index in [4.69, 9.17) is 0 Å². The summed E-state index contributed by atoms with van der Waals surface area (Å²) >= 11 is 0. The number of fused-ring (bicyclic) bond motifs is 1. The van der Waals surface area contributed by atoms with Gasteiger partial charge in [-0.3, -0.25) is 4.79 Å². The molecule has 0 saturated carbocycles. The number of amides is 1. The monoisotopic (exact) mass is 324 g/mol. The average Bonchev–Trinajstić information content (AvgIpc) is 2.95. The van der Waals surface area contributed by atoms with Crippen molar-refractivity contribution in [3.63, 3.8) is 0 Å². The third-order valence-corrected chi connectivity index (χ3v) is 3.87. The van der Waals surface area contributed by atoms with Crippen molar-refractivity contribution in [2.24, 2.45) is 0 Å². The van der Waals surface area contributed by atoms with Crippen molar-refractivity contribution < 1.29 is 18.0 Å². The van der Waals surface area contributed by atoms with Gasteiger partial charge in [0.1, 0.15) is 5.82 Å². The Morgan fingerprint density at radius 3 is 2.74 bits per heavy atom. The Labute approximate surface area is 130 Å². The largest absolute Gasteiger partial charge is 0.416 e. The second-order valence-electron chi connectivity index (χ2n) is 5.34. The van der Waals surface area contributed by atoms with E-state index in [1.54, 1.807) is 0 Å². The summed E-state index contributed by atoms with van der Waals surface area (Å²) in [5.41, 5.74) is -0.791. The topological polar surface area (TPSA) is 51.0 Å². The molecular formula is C15H15F3N4O. The molecule has 2 aromatic rings. The number of carbonyl (C=O) groups is 1. The van der Waals surface area contributed by atoms with Gasteiger partial charge in [0.25, 0.3) is 5.91 Å². The second-order valence-corrected chi connectivity index (χ2v) is 5.34. The van der Waals surface area contributed by atoms with Crippen LogP contribution in [0.2, 0.25) is 0 Å². The maximum Gasteiger partial charge on any atom is 0.416 e. The summed E-state index contributed by atoms with van der Waals surface area (Å²) < 4.78 is 40.3. The molecule has 1 aromatic carbocycles. The third kappa shape index (κ3) is 2.93. The first-order chi connectivity index (χ1) is 10.9. The summed E-state index contributed by atoms with van der Waals surface area (Å²) in [6.07, 6.45) is -3.72. The number of aromatic nitrogens is 3. The summed E-state index contributed by atoms with van der Waals surface area (Å²) in [4.78, 5) is 14.0. The predicted molar refractivity (Wildman–Crippen MR) is 75.6 cm³/mol. The highest BCUT2D eigenvalue weighted by Gasteiger charge is 2.32. The van der Waals surface area contributed by atoms with E-state index in [9.17, 15) is 18.0 Å². The number of hydrogen-bond donors (Lipinski definition) is 0. The van der Waals surface area contributed by atoms with Crippen LogP contribution >= 0.6 is 0 Å². The van der Waals surface area contributed by atoms with Gasteiger partial charge in [-0.2, -0.15) is 13.2 Å². The van der Waals surface area contributed by atoms with E-state index in [0.717, 1.165) is 24.4 Å². The minimum atomic E-state index is -4.46. The Morgan fingerprint density at radius 2 is 2.04 bits per heavy atom. The number of halogens is 3. The molecule has 1 aromatic heterocycles. The number of rotatable bonds is 2. The van der Waals surface area contributed by atoms with Gasteiger partial charge >= 0.3 is 6.18 Å². The molecule has 1 amide bonds. The van der Waals surface area contributed by atoms with Crippen molar-refractivity contribution in [3.8, 4) is 0 Å². The quantitative estimate of drug-likeness (QED) is 0.853. The summed E-state index contributed by atoms with van der Waals surface area (Å²) in [5.74, 6) is 1.09. The number of hydrogen-bond acceptors (Lipinski definition) is 3. The van der Waals surface area contributed by atoms with Crippen molar-refractivity contribution in [2.45, 2.75) is 32.6 Å². The third-order valence-electron chi connectivity index (χ3n) is 3.87. The highest BCUT2D eigenvalue weighted by atomic mass is 19.4. The molecule has 0 unspecified atom stereocenters. The standard InChI is InChI=1S/C15H15F3N4O/c1-2-12-19-20-13-9-21(6-7-22(12)13)14(23)10-4-3-5-11(8-10)15(16,17)18/h3-5,8H,2,6-7,9H2,1H3. The SMILES string of the molecule is CCc1nnc2n1CCN(C(=O)c1cccc(C(F)(F)F)c1)C2. The number of alkyl halides is 3. The molecule has 0 N–H and O–H groups in total. The zero-order valence-electron chi connectivity index (χ0n) is 12.5. The van der Waals surface area contributed by atoms with E-state index >= 15 is 0 Å².